The number of hydrogen-bond acceptors (Lipinski definition) is 9. The first kappa shape index (κ1) is 24.0. The Kier molecular flexibility index (Phi) is 6.90. The lowest BCUT2D eigenvalue weighted by Crippen LogP contribution is -2.58. The predicted molar refractivity (Wildman–Crippen MR) is 121 cm³/mol. The predicted octanol–water partition coefficient (Wildman–Crippen LogP) is 4.36. The lowest BCUT2D eigenvalue weighted by atomic mass is 10.1. The molecule has 0 saturated carbocycles. The van der Waals surface area contributed by atoms with Gasteiger partial charge in [-0.05, 0) is 32.9 Å². The minimum Gasteiger partial charge on any atom is -0.444 e. The van der Waals surface area contributed by atoms with Crippen LogP contribution in [0.1, 0.15) is 20.8 Å². The second-order valence-electron chi connectivity index (χ2n) is 8.73. The summed E-state index contributed by atoms with van der Waals surface area (Å²) in [6.07, 6.45) is 5.85. The Labute approximate surface area is 200 Å². The van der Waals surface area contributed by atoms with E-state index in [-0.39, 0.29) is 29.6 Å². The minimum atomic E-state index is -2.93. The molecule has 0 radical (unpaired) electrons. The zero-order chi connectivity index (χ0) is 25.0. The summed E-state index contributed by atoms with van der Waals surface area (Å²) >= 11 is 0. The van der Waals surface area contributed by atoms with Crippen molar-refractivity contribution >= 4 is 11.9 Å². The molecular formula is C23H24F2N6O4. The highest BCUT2D eigenvalue weighted by Gasteiger charge is 2.33. The molecule has 1 aromatic carbocycles. The molecule has 1 aliphatic heterocycles. The number of nitrogens with zero attached hydrogens (tertiary/aromatic N) is 5. The third-order valence-corrected chi connectivity index (χ3v) is 4.68. The van der Waals surface area contributed by atoms with Gasteiger partial charge in [-0.15, -0.1) is 0 Å². The van der Waals surface area contributed by atoms with E-state index >= 15 is 0 Å². The molecular weight excluding hydrogens is 462 g/mol. The van der Waals surface area contributed by atoms with E-state index in [0.29, 0.717) is 30.2 Å². The van der Waals surface area contributed by atoms with Crippen molar-refractivity contribution in [2.45, 2.75) is 39.0 Å². The Balaban J connectivity index is 1.34. The Morgan fingerprint density at radius 2 is 1.83 bits per heavy atom. The lowest BCUT2D eigenvalue weighted by molar-refractivity contribution is -0.0499. The van der Waals surface area contributed by atoms with Crippen LogP contribution in [0, 0.1) is 0 Å². The lowest BCUT2D eigenvalue weighted by Gasteiger charge is -2.40. The smallest absolute Gasteiger partial charge is 0.410 e. The van der Waals surface area contributed by atoms with Crippen molar-refractivity contribution in [2.75, 3.05) is 18.4 Å². The molecule has 4 rings (SSSR count). The summed E-state index contributed by atoms with van der Waals surface area (Å²) < 4.78 is 40.0. The van der Waals surface area contributed by atoms with E-state index in [1.165, 1.54) is 30.6 Å². The first-order valence-corrected chi connectivity index (χ1v) is 10.8. The second kappa shape index (κ2) is 10.0. The van der Waals surface area contributed by atoms with Crippen molar-refractivity contribution in [1.82, 2.24) is 24.8 Å². The molecule has 1 N–H and O–H groups in total. The summed E-state index contributed by atoms with van der Waals surface area (Å²) in [6, 6.07) is 5.85. The van der Waals surface area contributed by atoms with E-state index in [0.717, 1.165) is 0 Å². The molecule has 0 spiro atoms. The topological polar surface area (TPSA) is 112 Å². The summed E-state index contributed by atoms with van der Waals surface area (Å²) in [5.74, 6) is 0.768. The summed E-state index contributed by atoms with van der Waals surface area (Å²) in [6.45, 7) is 3.55. The minimum absolute atomic E-state index is 0.0295. The Morgan fingerprint density at radius 3 is 2.51 bits per heavy atom. The van der Waals surface area contributed by atoms with Crippen molar-refractivity contribution in [3.63, 3.8) is 0 Å². The second-order valence-corrected chi connectivity index (χ2v) is 8.73. The van der Waals surface area contributed by atoms with Crippen LogP contribution in [0.15, 0.2) is 49.1 Å². The zero-order valence-electron chi connectivity index (χ0n) is 19.3. The van der Waals surface area contributed by atoms with Crippen LogP contribution in [0.4, 0.5) is 19.4 Å². The fraction of sp³-hybridized carbons (Fsp3) is 0.348. The SMILES string of the molecule is CC(C)(C)OC(=O)N1CC(Nc2cncc(-c3cnc(Oc4cccc(OC(F)F)c4)nc3)n2)C1. The van der Waals surface area contributed by atoms with Crippen LogP contribution in [-0.4, -0.2) is 62.3 Å². The van der Waals surface area contributed by atoms with Crippen molar-refractivity contribution in [2.24, 2.45) is 0 Å². The molecule has 0 bridgehead atoms. The van der Waals surface area contributed by atoms with Crippen molar-refractivity contribution in [3.05, 3.63) is 49.1 Å². The molecule has 184 valence electrons. The maximum atomic E-state index is 12.4. The molecule has 10 nitrogen and oxygen atoms in total. The van der Waals surface area contributed by atoms with Crippen LogP contribution in [-0.2, 0) is 4.74 Å². The Morgan fingerprint density at radius 1 is 1.11 bits per heavy atom. The van der Waals surface area contributed by atoms with Crippen LogP contribution in [0.2, 0.25) is 0 Å². The van der Waals surface area contributed by atoms with Gasteiger partial charge in [0, 0.05) is 37.1 Å². The van der Waals surface area contributed by atoms with Crippen LogP contribution >= 0.6 is 0 Å². The quantitative estimate of drug-likeness (QED) is 0.521. The molecule has 2 aromatic heterocycles. The summed E-state index contributed by atoms with van der Waals surface area (Å²) in [5.41, 5.74) is 0.606. The van der Waals surface area contributed by atoms with E-state index in [2.05, 4.69) is 30.0 Å². The molecule has 0 aliphatic carbocycles. The molecule has 3 heterocycles. The number of rotatable bonds is 7. The molecule has 1 fully saturated rings. The van der Waals surface area contributed by atoms with Gasteiger partial charge in [0.05, 0.1) is 24.1 Å². The summed E-state index contributed by atoms with van der Waals surface area (Å²) in [5, 5.41) is 3.25. The Hall–Kier alpha value is -4.09. The number of halogens is 2. The van der Waals surface area contributed by atoms with Gasteiger partial charge in [0.15, 0.2) is 0 Å². The van der Waals surface area contributed by atoms with Crippen LogP contribution in [0.5, 0.6) is 17.5 Å². The van der Waals surface area contributed by atoms with Gasteiger partial charge in [-0.1, -0.05) is 6.07 Å². The van der Waals surface area contributed by atoms with Crippen LogP contribution in [0.3, 0.4) is 0 Å². The number of ether oxygens (including phenoxy) is 3. The monoisotopic (exact) mass is 486 g/mol. The number of aromatic nitrogens is 4. The molecule has 35 heavy (non-hydrogen) atoms. The Bertz CT molecular complexity index is 1170. The average Bonchev–Trinajstić information content (AvgIpc) is 2.75. The first-order valence-electron chi connectivity index (χ1n) is 10.8. The van der Waals surface area contributed by atoms with E-state index in [1.54, 1.807) is 23.4 Å². The maximum absolute atomic E-state index is 12.4. The first-order chi connectivity index (χ1) is 16.6. The number of amides is 1. The molecule has 12 heteroatoms. The third kappa shape index (κ3) is 6.71. The van der Waals surface area contributed by atoms with E-state index in [9.17, 15) is 13.6 Å². The number of carbonyl (C=O) groups excluding carboxylic acids is 1. The molecule has 1 saturated heterocycles. The van der Waals surface area contributed by atoms with Crippen molar-refractivity contribution < 1.29 is 27.8 Å². The van der Waals surface area contributed by atoms with Gasteiger partial charge in [-0.25, -0.2) is 19.7 Å². The zero-order valence-corrected chi connectivity index (χ0v) is 19.3. The number of hydrogen-bond donors (Lipinski definition) is 1. The molecule has 0 unspecified atom stereocenters. The molecule has 1 amide bonds. The van der Waals surface area contributed by atoms with Gasteiger partial charge in [0.2, 0.25) is 0 Å². The highest BCUT2D eigenvalue weighted by molar-refractivity contribution is 5.69. The fourth-order valence-corrected chi connectivity index (χ4v) is 3.15. The number of alkyl halides is 2. The number of anilines is 1. The van der Waals surface area contributed by atoms with E-state index in [1.807, 2.05) is 20.8 Å². The summed E-state index contributed by atoms with van der Waals surface area (Å²) in [4.78, 5) is 30.7. The standard InChI is InChI=1S/C23H24F2N6O4/c1-23(2,3)35-22(32)31-12-15(13-31)29-19-11-26-10-18(30-19)14-8-27-21(28-9-14)34-17-6-4-5-16(7-17)33-20(24)25/h4-11,15,20H,12-13H2,1-3H3,(H,29,30). The van der Waals surface area contributed by atoms with Gasteiger partial charge in [0.25, 0.3) is 0 Å². The number of nitrogens with one attached hydrogen (secondary N) is 1. The highest BCUT2D eigenvalue weighted by atomic mass is 19.3. The number of carbonyl (C=O) groups is 1. The highest BCUT2D eigenvalue weighted by Crippen LogP contribution is 2.25. The molecule has 3 aromatic rings. The largest absolute Gasteiger partial charge is 0.444 e. The third-order valence-electron chi connectivity index (χ3n) is 4.68. The van der Waals surface area contributed by atoms with Crippen LogP contribution in [0.25, 0.3) is 11.3 Å². The van der Waals surface area contributed by atoms with Gasteiger partial charge in [0.1, 0.15) is 22.9 Å². The van der Waals surface area contributed by atoms with E-state index in [4.69, 9.17) is 9.47 Å². The van der Waals surface area contributed by atoms with Crippen LogP contribution < -0.4 is 14.8 Å². The van der Waals surface area contributed by atoms with E-state index < -0.39 is 12.2 Å². The van der Waals surface area contributed by atoms with Gasteiger partial charge in [-0.3, -0.25) is 4.98 Å². The molecule has 0 atom stereocenters. The number of likely N-dealkylation sites (tertiary alicyclic amines) is 1. The average molecular weight is 486 g/mol. The number of benzene rings is 1. The maximum Gasteiger partial charge on any atom is 0.410 e. The van der Waals surface area contributed by atoms with Crippen molar-refractivity contribution in [3.8, 4) is 28.8 Å². The fourth-order valence-electron chi connectivity index (χ4n) is 3.15. The van der Waals surface area contributed by atoms with Gasteiger partial charge in [-0.2, -0.15) is 8.78 Å². The summed E-state index contributed by atoms with van der Waals surface area (Å²) in [7, 11) is 0. The van der Waals surface area contributed by atoms with Crippen molar-refractivity contribution in [1.29, 1.82) is 0 Å². The molecule has 1 aliphatic rings. The normalized spacial score (nSPS) is 13.8. The van der Waals surface area contributed by atoms with Gasteiger partial charge < -0.3 is 24.4 Å². The van der Waals surface area contributed by atoms with Gasteiger partial charge >= 0.3 is 18.7 Å².